The molecule has 0 bridgehead atoms. The standard InChI is InChI=1S/C12H16O3S/c1-14-10-3-4-11(15-2)12-8(10)7-16-6-5-9(12)13/h3-4,9,13H,5-7H2,1-2H3/t9-/m1/s1. The number of fused-ring (bicyclic) bond motifs is 1. The molecular weight excluding hydrogens is 224 g/mol. The van der Waals surface area contributed by atoms with E-state index in [9.17, 15) is 5.11 Å². The minimum atomic E-state index is -0.449. The Labute approximate surface area is 99.8 Å². The number of hydrogen-bond acceptors (Lipinski definition) is 4. The maximum atomic E-state index is 10.1. The van der Waals surface area contributed by atoms with E-state index in [4.69, 9.17) is 9.47 Å². The predicted molar refractivity (Wildman–Crippen MR) is 65.3 cm³/mol. The molecule has 0 amide bonds. The van der Waals surface area contributed by atoms with Crippen LogP contribution in [-0.2, 0) is 5.75 Å². The molecule has 1 aliphatic rings. The fourth-order valence-corrected chi connectivity index (χ4v) is 3.06. The van der Waals surface area contributed by atoms with Crippen LogP contribution in [0.1, 0.15) is 23.7 Å². The Morgan fingerprint density at radius 1 is 1.25 bits per heavy atom. The largest absolute Gasteiger partial charge is 0.496 e. The molecule has 0 aromatic heterocycles. The summed E-state index contributed by atoms with van der Waals surface area (Å²) in [6.45, 7) is 0. The highest BCUT2D eigenvalue weighted by Crippen LogP contribution is 2.41. The van der Waals surface area contributed by atoms with Crippen molar-refractivity contribution in [2.24, 2.45) is 0 Å². The van der Waals surface area contributed by atoms with Gasteiger partial charge in [-0.25, -0.2) is 0 Å². The van der Waals surface area contributed by atoms with Crippen LogP contribution >= 0.6 is 11.8 Å². The Bertz CT molecular complexity index is 379. The van der Waals surface area contributed by atoms with Crippen molar-refractivity contribution < 1.29 is 14.6 Å². The first-order valence-electron chi connectivity index (χ1n) is 5.27. The van der Waals surface area contributed by atoms with Crippen molar-refractivity contribution in [2.45, 2.75) is 18.3 Å². The molecule has 1 aromatic carbocycles. The zero-order chi connectivity index (χ0) is 11.5. The molecule has 0 aliphatic carbocycles. The van der Waals surface area contributed by atoms with Gasteiger partial charge in [0.2, 0.25) is 0 Å². The zero-order valence-electron chi connectivity index (χ0n) is 9.53. The van der Waals surface area contributed by atoms with Crippen LogP contribution in [0, 0.1) is 0 Å². The Morgan fingerprint density at radius 3 is 2.62 bits per heavy atom. The van der Waals surface area contributed by atoms with Crippen molar-refractivity contribution in [3.63, 3.8) is 0 Å². The monoisotopic (exact) mass is 240 g/mol. The minimum absolute atomic E-state index is 0.449. The SMILES string of the molecule is COc1ccc(OC)c2c1CSCC[C@H]2O. The second-order valence-electron chi connectivity index (χ2n) is 3.72. The fourth-order valence-electron chi connectivity index (χ4n) is 2.02. The van der Waals surface area contributed by atoms with E-state index in [0.717, 1.165) is 40.6 Å². The number of hydrogen-bond donors (Lipinski definition) is 1. The van der Waals surface area contributed by atoms with E-state index < -0.39 is 6.10 Å². The van der Waals surface area contributed by atoms with Crippen LogP contribution in [0.25, 0.3) is 0 Å². The average Bonchev–Trinajstić information content (AvgIpc) is 2.51. The molecule has 3 nitrogen and oxygen atoms in total. The molecule has 16 heavy (non-hydrogen) atoms. The van der Waals surface area contributed by atoms with E-state index >= 15 is 0 Å². The third-order valence-corrected chi connectivity index (χ3v) is 3.85. The summed E-state index contributed by atoms with van der Waals surface area (Å²) in [5, 5.41) is 10.1. The molecule has 1 N–H and O–H groups in total. The lowest BCUT2D eigenvalue weighted by atomic mass is 9.99. The highest BCUT2D eigenvalue weighted by atomic mass is 32.2. The molecule has 1 aromatic rings. The number of aliphatic hydroxyl groups excluding tert-OH is 1. The molecular formula is C12H16O3S. The van der Waals surface area contributed by atoms with Crippen LogP contribution in [0.2, 0.25) is 0 Å². The van der Waals surface area contributed by atoms with Gasteiger partial charge < -0.3 is 14.6 Å². The fraction of sp³-hybridized carbons (Fsp3) is 0.500. The van der Waals surface area contributed by atoms with Crippen molar-refractivity contribution in [3.05, 3.63) is 23.3 Å². The van der Waals surface area contributed by atoms with Crippen molar-refractivity contribution in [3.8, 4) is 11.5 Å². The Kier molecular flexibility index (Phi) is 3.61. The van der Waals surface area contributed by atoms with E-state index in [1.165, 1.54) is 0 Å². The van der Waals surface area contributed by atoms with Gasteiger partial charge in [0, 0.05) is 16.9 Å². The lowest BCUT2D eigenvalue weighted by molar-refractivity contribution is 0.170. The zero-order valence-corrected chi connectivity index (χ0v) is 10.3. The molecule has 1 heterocycles. The molecule has 2 rings (SSSR count). The van der Waals surface area contributed by atoms with Gasteiger partial charge in [-0.15, -0.1) is 0 Å². The summed E-state index contributed by atoms with van der Waals surface area (Å²) in [4.78, 5) is 0. The van der Waals surface area contributed by atoms with Gasteiger partial charge in [0.15, 0.2) is 0 Å². The smallest absolute Gasteiger partial charge is 0.125 e. The summed E-state index contributed by atoms with van der Waals surface area (Å²) < 4.78 is 10.6. The molecule has 4 heteroatoms. The maximum Gasteiger partial charge on any atom is 0.125 e. The van der Waals surface area contributed by atoms with Crippen LogP contribution in [0.5, 0.6) is 11.5 Å². The highest BCUT2D eigenvalue weighted by Gasteiger charge is 2.23. The van der Waals surface area contributed by atoms with E-state index in [1.807, 2.05) is 23.9 Å². The van der Waals surface area contributed by atoms with E-state index in [-0.39, 0.29) is 0 Å². The predicted octanol–water partition coefficient (Wildman–Crippen LogP) is 2.37. The van der Waals surface area contributed by atoms with Crippen LogP contribution < -0.4 is 9.47 Å². The molecule has 0 unspecified atom stereocenters. The third-order valence-electron chi connectivity index (χ3n) is 2.83. The highest BCUT2D eigenvalue weighted by molar-refractivity contribution is 7.98. The second kappa shape index (κ2) is 4.97. The topological polar surface area (TPSA) is 38.7 Å². The molecule has 1 aliphatic heterocycles. The van der Waals surface area contributed by atoms with E-state index in [2.05, 4.69) is 0 Å². The summed E-state index contributed by atoms with van der Waals surface area (Å²) in [5.74, 6) is 3.42. The van der Waals surface area contributed by atoms with Crippen molar-refractivity contribution in [1.29, 1.82) is 0 Å². The molecule has 0 fully saturated rings. The summed E-state index contributed by atoms with van der Waals surface area (Å²) in [5.41, 5.74) is 1.96. The van der Waals surface area contributed by atoms with Gasteiger partial charge in [0.05, 0.1) is 20.3 Å². The van der Waals surface area contributed by atoms with Crippen LogP contribution in [0.15, 0.2) is 12.1 Å². The Hall–Kier alpha value is -0.870. The first-order chi connectivity index (χ1) is 7.77. The van der Waals surface area contributed by atoms with Gasteiger partial charge in [-0.3, -0.25) is 0 Å². The molecule has 1 atom stereocenters. The van der Waals surface area contributed by atoms with Gasteiger partial charge in [-0.2, -0.15) is 11.8 Å². The lowest BCUT2D eigenvalue weighted by Gasteiger charge is -2.18. The second-order valence-corrected chi connectivity index (χ2v) is 4.82. The van der Waals surface area contributed by atoms with Crippen molar-refractivity contribution in [2.75, 3.05) is 20.0 Å². The minimum Gasteiger partial charge on any atom is -0.496 e. The normalized spacial score (nSPS) is 19.8. The Morgan fingerprint density at radius 2 is 1.94 bits per heavy atom. The first-order valence-corrected chi connectivity index (χ1v) is 6.43. The lowest BCUT2D eigenvalue weighted by Crippen LogP contribution is -2.04. The van der Waals surface area contributed by atoms with Gasteiger partial charge in [0.25, 0.3) is 0 Å². The number of methoxy groups -OCH3 is 2. The first kappa shape index (κ1) is 11.6. The number of thioether (sulfide) groups is 1. The number of aliphatic hydroxyl groups is 1. The molecule has 0 spiro atoms. The third kappa shape index (κ3) is 1.99. The average molecular weight is 240 g/mol. The maximum absolute atomic E-state index is 10.1. The van der Waals surface area contributed by atoms with Crippen LogP contribution in [0.3, 0.4) is 0 Å². The van der Waals surface area contributed by atoms with Crippen LogP contribution in [-0.4, -0.2) is 25.1 Å². The van der Waals surface area contributed by atoms with Crippen LogP contribution in [0.4, 0.5) is 0 Å². The number of ether oxygens (including phenoxy) is 2. The van der Waals surface area contributed by atoms with E-state index in [0.29, 0.717) is 0 Å². The molecule has 0 saturated heterocycles. The Balaban J connectivity index is 2.56. The molecule has 88 valence electrons. The summed E-state index contributed by atoms with van der Waals surface area (Å²) in [6, 6.07) is 3.76. The van der Waals surface area contributed by atoms with E-state index in [1.54, 1.807) is 14.2 Å². The van der Waals surface area contributed by atoms with Gasteiger partial charge >= 0.3 is 0 Å². The molecule has 0 saturated carbocycles. The summed E-state index contributed by atoms with van der Waals surface area (Å²) >= 11 is 1.82. The summed E-state index contributed by atoms with van der Waals surface area (Å²) in [7, 11) is 3.29. The number of benzene rings is 1. The number of rotatable bonds is 2. The molecule has 0 radical (unpaired) electrons. The van der Waals surface area contributed by atoms with Gasteiger partial charge in [-0.05, 0) is 24.3 Å². The summed E-state index contributed by atoms with van der Waals surface area (Å²) in [6.07, 6.45) is 0.316. The van der Waals surface area contributed by atoms with Crippen molar-refractivity contribution >= 4 is 11.8 Å². The quantitative estimate of drug-likeness (QED) is 0.861. The van der Waals surface area contributed by atoms with Crippen molar-refractivity contribution in [1.82, 2.24) is 0 Å². The van der Waals surface area contributed by atoms with Gasteiger partial charge in [-0.1, -0.05) is 0 Å². The van der Waals surface area contributed by atoms with Gasteiger partial charge in [0.1, 0.15) is 11.5 Å².